The van der Waals surface area contributed by atoms with Crippen molar-refractivity contribution in [3.8, 4) is 5.75 Å². The highest BCUT2D eigenvalue weighted by molar-refractivity contribution is 7.15. The standard InChI is InChI=1S/C25H30N2O3S/c1-4-15-27(25-26-18(2)19(3)31-25)16-21-5-7-22(8-6-21)17-30-23-12-9-20(10-13-23)11-14-24(28)29/h5-10,12-13H,4,11,14-17H2,1-3H3,(H,28,29). The summed E-state index contributed by atoms with van der Waals surface area (Å²) in [4.78, 5) is 19.0. The number of rotatable bonds is 11. The molecular formula is C25H30N2O3S. The van der Waals surface area contributed by atoms with E-state index in [-0.39, 0.29) is 6.42 Å². The van der Waals surface area contributed by atoms with E-state index >= 15 is 0 Å². The zero-order valence-electron chi connectivity index (χ0n) is 18.4. The lowest BCUT2D eigenvalue weighted by Gasteiger charge is -2.21. The fourth-order valence-corrected chi connectivity index (χ4v) is 4.17. The summed E-state index contributed by atoms with van der Waals surface area (Å²) >= 11 is 1.76. The Morgan fingerprint density at radius 3 is 2.26 bits per heavy atom. The average Bonchev–Trinajstić information content (AvgIpc) is 3.10. The Labute approximate surface area is 188 Å². The van der Waals surface area contributed by atoms with Crippen LogP contribution in [0.25, 0.3) is 0 Å². The molecule has 0 aliphatic rings. The van der Waals surface area contributed by atoms with Crippen molar-refractivity contribution < 1.29 is 14.6 Å². The van der Waals surface area contributed by atoms with E-state index < -0.39 is 5.97 Å². The molecule has 0 saturated heterocycles. The molecule has 5 nitrogen and oxygen atoms in total. The largest absolute Gasteiger partial charge is 0.489 e. The summed E-state index contributed by atoms with van der Waals surface area (Å²) < 4.78 is 5.88. The highest BCUT2D eigenvalue weighted by Crippen LogP contribution is 2.27. The zero-order valence-corrected chi connectivity index (χ0v) is 19.2. The minimum Gasteiger partial charge on any atom is -0.489 e. The number of thiazole rings is 1. The van der Waals surface area contributed by atoms with Crippen LogP contribution >= 0.6 is 11.3 Å². The van der Waals surface area contributed by atoms with Gasteiger partial charge in [0, 0.05) is 24.4 Å². The van der Waals surface area contributed by atoms with Crippen LogP contribution in [0.1, 0.15) is 47.0 Å². The predicted octanol–water partition coefficient (Wildman–Crippen LogP) is 5.77. The molecule has 0 fully saturated rings. The highest BCUT2D eigenvalue weighted by Gasteiger charge is 2.12. The summed E-state index contributed by atoms with van der Waals surface area (Å²) in [5.74, 6) is 0.00486. The van der Waals surface area contributed by atoms with Crippen LogP contribution < -0.4 is 9.64 Å². The Balaban J connectivity index is 1.55. The second-order valence-electron chi connectivity index (χ2n) is 7.70. The van der Waals surface area contributed by atoms with Gasteiger partial charge in [0.05, 0.1) is 5.69 Å². The Kier molecular flexibility index (Phi) is 8.06. The van der Waals surface area contributed by atoms with E-state index in [1.54, 1.807) is 11.3 Å². The van der Waals surface area contributed by atoms with E-state index in [0.29, 0.717) is 13.0 Å². The van der Waals surface area contributed by atoms with Crippen LogP contribution in [0, 0.1) is 13.8 Å². The summed E-state index contributed by atoms with van der Waals surface area (Å²) in [6.45, 7) is 8.72. The van der Waals surface area contributed by atoms with Gasteiger partial charge < -0.3 is 14.7 Å². The lowest BCUT2D eigenvalue weighted by Crippen LogP contribution is -2.23. The van der Waals surface area contributed by atoms with Gasteiger partial charge in [-0.2, -0.15) is 0 Å². The molecule has 31 heavy (non-hydrogen) atoms. The van der Waals surface area contributed by atoms with Crippen molar-refractivity contribution >= 4 is 22.4 Å². The maximum absolute atomic E-state index is 10.7. The number of hydrogen-bond donors (Lipinski definition) is 1. The molecule has 6 heteroatoms. The number of anilines is 1. The lowest BCUT2D eigenvalue weighted by atomic mass is 10.1. The number of carbonyl (C=O) groups is 1. The van der Waals surface area contributed by atoms with Gasteiger partial charge in [0.15, 0.2) is 5.13 Å². The van der Waals surface area contributed by atoms with Crippen molar-refractivity contribution in [2.75, 3.05) is 11.4 Å². The van der Waals surface area contributed by atoms with E-state index in [1.807, 2.05) is 24.3 Å². The van der Waals surface area contributed by atoms with Crippen molar-refractivity contribution in [1.82, 2.24) is 4.98 Å². The fraction of sp³-hybridized carbons (Fsp3) is 0.360. The molecule has 0 spiro atoms. The molecule has 0 radical (unpaired) electrons. The molecule has 1 aromatic heterocycles. The summed E-state index contributed by atoms with van der Waals surface area (Å²) in [6, 6.07) is 16.2. The van der Waals surface area contributed by atoms with Gasteiger partial charge in [0.2, 0.25) is 0 Å². The quantitative estimate of drug-likeness (QED) is 0.412. The minimum absolute atomic E-state index is 0.143. The van der Waals surface area contributed by atoms with Gasteiger partial charge in [-0.3, -0.25) is 4.79 Å². The monoisotopic (exact) mass is 438 g/mol. The number of carboxylic acids is 1. The van der Waals surface area contributed by atoms with Gasteiger partial charge in [-0.05, 0) is 55.5 Å². The number of ether oxygens (including phenoxy) is 1. The third-order valence-corrected chi connectivity index (χ3v) is 6.27. The molecule has 2 aromatic carbocycles. The van der Waals surface area contributed by atoms with E-state index in [4.69, 9.17) is 14.8 Å². The van der Waals surface area contributed by atoms with Crippen LogP contribution in [0.15, 0.2) is 48.5 Å². The second-order valence-corrected chi connectivity index (χ2v) is 8.88. The summed E-state index contributed by atoms with van der Waals surface area (Å²) in [6.07, 6.45) is 1.76. The molecule has 0 amide bonds. The molecule has 0 aliphatic carbocycles. The number of hydrogen-bond acceptors (Lipinski definition) is 5. The molecule has 164 valence electrons. The molecule has 1 N–H and O–H groups in total. The number of carboxylic acid groups (broad SMARTS) is 1. The number of aliphatic carboxylic acids is 1. The Hall–Kier alpha value is -2.86. The van der Waals surface area contributed by atoms with E-state index in [1.165, 1.54) is 10.4 Å². The first-order chi connectivity index (χ1) is 14.9. The average molecular weight is 439 g/mol. The molecule has 3 rings (SSSR count). The molecule has 0 aliphatic heterocycles. The Bertz CT molecular complexity index is 962. The third-order valence-electron chi connectivity index (χ3n) is 5.13. The molecule has 1 heterocycles. The van der Waals surface area contributed by atoms with E-state index in [9.17, 15) is 4.79 Å². The number of benzene rings is 2. The summed E-state index contributed by atoms with van der Waals surface area (Å²) in [7, 11) is 0. The van der Waals surface area contributed by atoms with Crippen molar-refractivity contribution in [2.45, 2.75) is 53.2 Å². The van der Waals surface area contributed by atoms with Crippen LogP contribution in [0.2, 0.25) is 0 Å². The highest BCUT2D eigenvalue weighted by atomic mass is 32.1. The molecule has 0 unspecified atom stereocenters. The Morgan fingerprint density at radius 2 is 1.68 bits per heavy atom. The zero-order chi connectivity index (χ0) is 22.2. The smallest absolute Gasteiger partial charge is 0.303 e. The summed E-state index contributed by atoms with van der Waals surface area (Å²) in [5.41, 5.74) is 4.48. The van der Waals surface area contributed by atoms with Crippen molar-refractivity contribution in [2.24, 2.45) is 0 Å². The van der Waals surface area contributed by atoms with Gasteiger partial charge in [-0.25, -0.2) is 4.98 Å². The number of aryl methyl sites for hydroxylation is 3. The second kappa shape index (κ2) is 11.0. The van der Waals surface area contributed by atoms with Crippen molar-refractivity contribution in [3.63, 3.8) is 0 Å². The lowest BCUT2D eigenvalue weighted by molar-refractivity contribution is -0.136. The van der Waals surface area contributed by atoms with Gasteiger partial charge in [-0.15, -0.1) is 11.3 Å². The van der Waals surface area contributed by atoms with E-state index in [2.05, 4.69) is 49.9 Å². The fourth-order valence-electron chi connectivity index (χ4n) is 3.23. The van der Waals surface area contributed by atoms with Crippen LogP contribution in [0.3, 0.4) is 0 Å². The third kappa shape index (κ3) is 6.82. The first-order valence-electron chi connectivity index (χ1n) is 10.6. The maximum Gasteiger partial charge on any atom is 0.303 e. The summed E-state index contributed by atoms with van der Waals surface area (Å²) in [5, 5.41) is 9.87. The maximum atomic E-state index is 10.7. The van der Waals surface area contributed by atoms with Crippen LogP contribution in [0.5, 0.6) is 5.75 Å². The van der Waals surface area contributed by atoms with Gasteiger partial charge in [0.1, 0.15) is 12.4 Å². The predicted molar refractivity (Wildman–Crippen MR) is 126 cm³/mol. The first-order valence-corrected chi connectivity index (χ1v) is 11.5. The van der Waals surface area contributed by atoms with Crippen LogP contribution in [0.4, 0.5) is 5.13 Å². The van der Waals surface area contributed by atoms with Gasteiger partial charge >= 0.3 is 5.97 Å². The number of nitrogens with zero attached hydrogens (tertiary/aromatic N) is 2. The Morgan fingerprint density at radius 1 is 1.03 bits per heavy atom. The normalized spacial score (nSPS) is 10.8. The molecule has 3 aromatic rings. The van der Waals surface area contributed by atoms with Gasteiger partial charge in [0.25, 0.3) is 0 Å². The molecule has 0 saturated carbocycles. The molecular weight excluding hydrogens is 408 g/mol. The SMILES string of the molecule is CCCN(Cc1ccc(COc2ccc(CCC(=O)O)cc2)cc1)c1nc(C)c(C)s1. The van der Waals surface area contributed by atoms with Crippen molar-refractivity contribution in [3.05, 3.63) is 75.8 Å². The van der Waals surface area contributed by atoms with E-state index in [0.717, 1.165) is 47.2 Å². The van der Waals surface area contributed by atoms with Gasteiger partial charge in [-0.1, -0.05) is 43.3 Å². The van der Waals surface area contributed by atoms with Crippen LogP contribution in [-0.4, -0.2) is 22.6 Å². The number of aromatic nitrogens is 1. The molecule has 0 atom stereocenters. The van der Waals surface area contributed by atoms with Crippen molar-refractivity contribution in [1.29, 1.82) is 0 Å². The topological polar surface area (TPSA) is 62.7 Å². The van der Waals surface area contributed by atoms with Crippen LogP contribution in [-0.2, 0) is 24.4 Å². The first kappa shape index (κ1) is 22.8. The minimum atomic E-state index is -0.779. The molecule has 0 bridgehead atoms.